The molecule has 1 aromatic heterocycles. The van der Waals surface area contributed by atoms with Crippen LogP contribution in [0.3, 0.4) is 0 Å². The number of fused-ring (bicyclic) bond motifs is 1. The molecule has 2 N–H and O–H groups in total. The van der Waals surface area contributed by atoms with Crippen molar-refractivity contribution in [2.75, 3.05) is 19.6 Å². The first-order valence-corrected chi connectivity index (χ1v) is 6.52. The van der Waals surface area contributed by atoms with E-state index in [1.807, 2.05) is 32.0 Å². The standard InChI is InChI=1S/C14H19N3O2/c1-3-15-9-14(18)16-7-6-11-4-5-13-12(8-11)17-10(2)19-13/h4-5,8,15H,3,6-7,9H2,1-2H3,(H,16,18). The van der Waals surface area contributed by atoms with E-state index in [4.69, 9.17) is 4.42 Å². The summed E-state index contributed by atoms with van der Waals surface area (Å²) in [6.45, 7) is 5.61. The zero-order chi connectivity index (χ0) is 13.7. The Balaban J connectivity index is 1.86. The molecule has 1 aromatic carbocycles. The number of hydrogen-bond donors (Lipinski definition) is 2. The van der Waals surface area contributed by atoms with Gasteiger partial charge >= 0.3 is 0 Å². The summed E-state index contributed by atoms with van der Waals surface area (Å²) in [5, 5.41) is 5.86. The maximum absolute atomic E-state index is 11.4. The average Bonchev–Trinajstić information content (AvgIpc) is 2.75. The molecule has 0 aliphatic heterocycles. The van der Waals surface area contributed by atoms with Gasteiger partial charge in [-0.05, 0) is 30.7 Å². The number of aromatic nitrogens is 1. The van der Waals surface area contributed by atoms with Crippen LogP contribution < -0.4 is 10.6 Å². The zero-order valence-electron chi connectivity index (χ0n) is 11.3. The number of aryl methyl sites for hydroxylation is 1. The maximum atomic E-state index is 11.4. The molecule has 5 heteroatoms. The highest BCUT2D eigenvalue weighted by atomic mass is 16.3. The van der Waals surface area contributed by atoms with Crippen LogP contribution in [0.2, 0.25) is 0 Å². The quantitative estimate of drug-likeness (QED) is 0.825. The van der Waals surface area contributed by atoms with E-state index in [1.165, 1.54) is 0 Å². The lowest BCUT2D eigenvalue weighted by Crippen LogP contribution is -2.34. The van der Waals surface area contributed by atoms with E-state index in [0.717, 1.165) is 29.6 Å². The minimum Gasteiger partial charge on any atom is -0.441 e. The van der Waals surface area contributed by atoms with Crippen LogP contribution in [0.25, 0.3) is 11.1 Å². The number of nitrogens with one attached hydrogen (secondary N) is 2. The van der Waals surface area contributed by atoms with Crippen molar-refractivity contribution >= 4 is 17.0 Å². The first kappa shape index (κ1) is 13.5. The number of nitrogens with zero attached hydrogens (tertiary/aromatic N) is 1. The van der Waals surface area contributed by atoms with Crippen LogP contribution in [0.1, 0.15) is 18.4 Å². The number of likely N-dealkylation sites (N-methyl/N-ethyl adjacent to an activating group) is 1. The molecule has 1 amide bonds. The largest absolute Gasteiger partial charge is 0.441 e. The average molecular weight is 261 g/mol. The third kappa shape index (κ3) is 3.79. The second kappa shape index (κ2) is 6.33. The Morgan fingerprint density at radius 1 is 1.42 bits per heavy atom. The molecular formula is C14H19N3O2. The Labute approximate surface area is 112 Å². The minimum atomic E-state index is 0.0280. The summed E-state index contributed by atoms with van der Waals surface area (Å²) in [6, 6.07) is 5.93. The summed E-state index contributed by atoms with van der Waals surface area (Å²) in [5.41, 5.74) is 2.82. The van der Waals surface area contributed by atoms with Gasteiger partial charge in [-0.3, -0.25) is 4.79 Å². The number of rotatable bonds is 6. The number of carbonyl (C=O) groups is 1. The van der Waals surface area contributed by atoms with Gasteiger partial charge in [0, 0.05) is 13.5 Å². The van der Waals surface area contributed by atoms with Crippen LogP contribution in [-0.2, 0) is 11.2 Å². The van der Waals surface area contributed by atoms with Gasteiger partial charge in [-0.2, -0.15) is 0 Å². The minimum absolute atomic E-state index is 0.0280. The molecule has 5 nitrogen and oxygen atoms in total. The van der Waals surface area contributed by atoms with Gasteiger partial charge in [0.25, 0.3) is 0 Å². The van der Waals surface area contributed by atoms with Crippen molar-refractivity contribution in [1.29, 1.82) is 0 Å². The SMILES string of the molecule is CCNCC(=O)NCCc1ccc2oc(C)nc2c1. The van der Waals surface area contributed by atoms with Crippen molar-refractivity contribution in [2.24, 2.45) is 0 Å². The van der Waals surface area contributed by atoms with Gasteiger partial charge in [-0.25, -0.2) is 4.98 Å². The molecule has 0 aliphatic rings. The van der Waals surface area contributed by atoms with Crippen LogP contribution in [0, 0.1) is 6.92 Å². The monoisotopic (exact) mass is 261 g/mol. The predicted molar refractivity (Wildman–Crippen MR) is 74.0 cm³/mol. The normalized spacial score (nSPS) is 10.8. The number of amides is 1. The van der Waals surface area contributed by atoms with Crippen LogP contribution in [-0.4, -0.2) is 30.5 Å². The molecule has 2 rings (SSSR count). The summed E-state index contributed by atoms with van der Waals surface area (Å²) < 4.78 is 5.42. The molecular weight excluding hydrogens is 242 g/mol. The second-order valence-corrected chi connectivity index (χ2v) is 4.42. The van der Waals surface area contributed by atoms with E-state index >= 15 is 0 Å². The first-order chi connectivity index (χ1) is 9.19. The Morgan fingerprint density at radius 3 is 3.05 bits per heavy atom. The van der Waals surface area contributed by atoms with Crippen molar-refractivity contribution < 1.29 is 9.21 Å². The molecule has 0 spiro atoms. The highest BCUT2D eigenvalue weighted by Gasteiger charge is 2.04. The molecule has 1 heterocycles. The van der Waals surface area contributed by atoms with E-state index in [1.54, 1.807) is 0 Å². The Hall–Kier alpha value is -1.88. The third-order valence-corrected chi connectivity index (χ3v) is 2.83. The highest BCUT2D eigenvalue weighted by molar-refractivity contribution is 5.78. The van der Waals surface area contributed by atoms with Gasteiger partial charge in [0.1, 0.15) is 5.52 Å². The molecule has 102 valence electrons. The second-order valence-electron chi connectivity index (χ2n) is 4.42. The van der Waals surface area contributed by atoms with Crippen molar-refractivity contribution in [3.63, 3.8) is 0 Å². The third-order valence-electron chi connectivity index (χ3n) is 2.83. The Kier molecular flexibility index (Phi) is 4.52. The summed E-state index contributed by atoms with van der Waals surface area (Å²) >= 11 is 0. The number of hydrogen-bond acceptors (Lipinski definition) is 4. The molecule has 0 atom stereocenters. The fraction of sp³-hybridized carbons (Fsp3) is 0.429. The van der Waals surface area contributed by atoms with Crippen molar-refractivity contribution in [1.82, 2.24) is 15.6 Å². The molecule has 0 bridgehead atoms. The van der Waals surface area contributed by atoms with Crippen molar-refractivity contribution in [3.8, 4) is 0 Å². The highest BCUT2D eigenvalue weighted by Crippen LogP contribution is 2.16. The van der Waals surface area contributed by atoms with Gasteiger partial charge in [0.2, 0.25) is 5.91 Å². The van der Waals surface area contributed by atoms with Crippen molar-refractivity contribution in [3.05, 3.63) is 29.7 Å². The Bertz CT molecular complexity index is 563. The van der Waals surface area contributed by atoms with E-state index in [9.17, 15) is 4.79 Å². The van der Waals surface area contributed by atoms with E-state index < -0.39 is 0 Å². The molecule has 19 heavy (non-hydrogen) atoms. The molecule has 0 unspecified atom stereocenters. The number of carbonyl (C=O) groups excluding carboxylic acids is 1. The van der Waals surface area contributed by atoms with Crippen LogP contribution in [0.15, 0.2) is 22.6 Å². The van der Waals surface area contributed by atoms with Crippen molar-refractivity contribution in [2.45, 2.75) is 20.3 Å². The van der Waals surface area contributed by atoms with Gasteiger partial charge in [-0.15, -0.1) is 0 Å². The van der Waals surface area contributed by atoms with E-state index in [2.05, 4.69) is 15.6 Å². The summed E-state index contributed by atoms with van der Waals surface area (Å²) in [7, 11) is 0. The molecule has 2 aromatic rings. The summed E-state index contributed by atoms with van der Waals surface area (Å²) in [5.74, 6) is 0.700. The lowest BCUT2D eigenvalue weighted by Gasteiger charge is -2.05. The molecule has 0 saturated carbocycles. The Morgan fingerprint density at radius 2 is 2.26 bits per heavy atom. The van der Waals surface area contributed by atoms with Gasteiger partial charge in [0.15, 0.2) is 11.5 Å². The molecule has 0 fully saturated rings. The lowest BCUT2D eigenvalue weighted by atomic mass is 10.1. The van der Waals surface area contributed by atoms with E-state index in [0.29, 0.717) is 19.0 Å². The fourth-order valence-corrected chi connectivity index (χ4v) is 1.89. The summed E-state index contributed by atoms with van der Waals surface area (Å²) in [4.78, 5) is 15.7. The van der Waals surface area contributed by atoms with Crippen LogP contribution in [0.5, 0.6) is 0 Å². The topological polar surface area (TPSA) is 67.2 Å². The number of benzene rings is 1. The van der Waals surface area contributed by atoms with Gasteiger partial charge in [0.05, 0.1) is 6.54 Å². The molecule has 0 aliphatic carbocycles. The lowest BCUT2D eigenvalue weighted by molar-refractivity contribution is -0.120. The van der Waals surface area contributed by atoms with Gasteiger partial charge < -0.3 is 15.1 Å². The van der Waals surface area contributed by atoms with Crippen LogP contribution in [0.4, 0.5) is 0 Å². The first-order valence-electron chi connectivity index (χ1n) is 6.52. The smallest absolute Gasteiger partial charge is 0.233 e. The molecule has 0 radical (unpaired) electrons. The fourth-order valence-electron chi connectivity index (χ4n) is 1.89. The molecule has 0 saturated heterocycles. The number of oxazole rings is 1. The van der Waals surface area contributed by atoms with Gasteiger partial charge in [-0.1, -0.05) is 13.0 Å². The zero-order valence-corrected chi connectivity index (χ0v) is 11.3. The van der Waals surface area contributed by atoms with Crippen LogP contribution >= 0.6 is 0 Å². The van der Waals surface area contributed by atoms with E-state index in [-0.39, 0.29) is 5.91 Å². The maximum Gasteiger partial charge on any atom is 0.233 e. The summed E-state index contributed by atoms with van der Waals surface area (Å²) in [6.07, 6.45) is 0.791. The predicted octanol–water partition coefficient (Wildman–Crippen LogP) is 1.40.